The zero-order valence-corrected chi connectivity index (χ0v) is 15.0. The van der Waals surface area contributed by atoms with Gasteiger partial charge < -0.3 is 15.5 Å². The molecule has 0 bridgehead atoms. The highest BCUT2D eigenvalue weighted by Gasteiger charge is 2.34. The first-order valence-electron chi connectivity index (χ1n) is 9.01. The average molecular weight is 323 g/mol. The number of nitrogens with zero attached hydrogens (tertiary/aromatic N) is 3. The second kappa shape index (κ2) is 8.52. The van der Waals surface area contributed by atoms with E-state index in [1.165, 1.54) is 25.7 Å². The van der Waals surface area contributed by atoms with Crippen LogP contribution in [0, 0.1) is 5.41 Å². The van der Waals surface area contributed by atoms with Gasteiger partial charge in [0.1, 0.15) is 0 Å². The fourth-order valence-electron chi connectivity index (χ4n) is 3.44. The van der Waals surface area contributed by atoms with Gasteiger partial charge in [0.05, 0.1) is 0 Å². The summed E-state index contributed by atoms with van der Waals surface area (Å²) < 4.78 is 0. The van der Waals surface area contributed by atoms with Crippen LogP contribution in [0.25, 0.3) is 0 Å². The van der Waals surface area contributed by atoms with E-state index in [0.29, 0.717) is 5.41 Å². The van der Waals surface area contributed by atoms with Crippen LogP contribution in [-0.2, 0) is 4.79 Å². The van der Waals surface area contributed by atoms with Gasteiger partial charge in [0.25, 0.3) is 0 Å². The van der Waals surface area contributed by atoms with E-state index in [0.717, 1.165) is 51.8 Å². The molecule has 0 aromatic rings. The van der Waals surface area contributed by atoms with Crippen molar-refractivity contribution in [3.8, 4) is 0 Å². The van der Waals surface area contributed by atoms with Crippen molar-refractivity contribution in [2.24, 2.45) is 10.4 Å². The lowest BCUT2D eigenvalue weighted by atomic mass is 9.67. The third kappa shape index (κ3) is 5.09. The standard InChI is InChI=1S/C17H33N5O/c1-4-17(6-5-7-17)14-20-16(18-3)19-8-9-21-10-12-22(13-11-21)15(2)23/h4-14H2,1-3H3,(H2,18,19,20). The van der Waals surface area contributed by atoms with E-state index < -0.39 is 0 Å². The van der Waals surface area contributed by atoms with E-state index in [1.54, 1.807) is 6.92 Å². The van der Waals surface area contributed by atoms with Gasteiger partial charge in [-0.15, -0.1) is 0 Å². The zero-order valence-electron chi connectivity index (χ0n) is 15.0. The van der Waals surface area contributed by atoms with Crippen LogP contribution in [0.3, 0.4) is 0 Å². The van der Waals surface area contributed by atoms with Crippen LogP contribution in [0.15, 0.2) is 4.99 Å². The molecule has 1 aliphatic carbocycles. The number of piperazine rings is 1. The molecule has 2 rings (SSSR count). The second-order valence-corrected chi connectivity index (χ2v) is 6.91. The molecule has 0 unspecified atom stereocenters. The summed E-state index contributed by atoms with van der Waals surface area (Å²) >= 11 is 0. The van der Waals surface area contributed by atoms with E-state index in [9.17, 15) is 4.79 Å². The Balaban J connectivity index is 1.62. The quantitative estimate of drug-likeness (QED) is 0.563. The number of guanidine groups is 1. The fourth-order valence-corrected chi connectivity index (χ4v) is 3.44. The molecule has 6 nitrogen and oxygen atoms in total. The van der Waals surface area contributed by atoms with Crippen molar-refractivity contribution in [2.75, 3.05) is 52.9 Å². The predicted octanol–water partition coefficient (Wildman–Crippen LogP) is 0.896. The largest absolute Gasteiger partial charge is 0.356 e. The summed E-state index contributed by atoms with van der Waals surface area (Å²) in [5, 5.41) is 6.90. The van der Waals surface area contributed by atoms with E-state index in [-0.39, 0.29) is 5.91 Å². The van der Waals surface area contributed by atoms with Gasteiger partial charge in [-0.1, -0.05) is 13.3 Å². The van der Waals surface area contributed by atoms with Crippen molar-refractivity contribution in [1.82, 2.24) is 20.4 Å². The van der Waals surface area contributed by atoms with Crippen LogP contribution in [0.5, 0.6) is 0 Å². The van der Waals surface area contributed by atoms with Crippen molar-refractivity contribution in [2.45, 2.75) is 39.5 Å². The molecule has 1 saturated heterocycles. The summed E-state index contributed by atoms with van der Waals surface area (Å²) in [7, 11) is 1.83. The van der Waals surface area contributed by atoms with Crippen LogP contribution >= 0.6 is 0 Å². The predicted molar refractivity (Wildman–Crippen MR) is 94.6 cm³/mol. The van der Waals surface area contributed by atoms with Crippen molar-refractivity contribution >= 4 is 11.9 Å². The number of hydrogen-bond acceptors (Lipinski definition) is 3. The second-order valence-electron chi connectivity index (χ2n) is 6.91. The van der Waals surface area contributed by atoms with Crippen LogP contribution in [0.4, 0.5) is 0 Å². The summed E-state index contributed by atoms with van der Waals surface area (Å²) in [6, 6.07) is 0. The van der Waals surface area contributed by atoms with Gasteiger partial charge in [0.2, 0.25) is 5.91 Å². The third-order valence-corrected chi connectivity index (χ3v) is 5.56. The lowest BCUT2D eigenvalue weighted by Crippen LogP contribution is -2.51. The maximum Gasteiger partial charge on any atom is 0.219 e. The Hall–Kier alpha value is -1.30. The molecule has 2 aliphatic rings. The Morgan fingerprint density at radius 2 is 1.87 bits per heavy atom. The number of amides is 1. The van der Waals surface area contributed by atoms with Gasteiger partial charge in [0, 0.05) is 59.8 Å². The molecule has 1 aliphatic heterocycles. The van der Waals surface area contributed by atoms with Crippen LogP contribution in [-0.4, -0.2) is 74.5 Å². The molecule has 0 spiro atoms. The molecule has 0 aromatic carbocycles. The van der Waals surface area contributed by atoms with Crippen LogP contribution in [0.1, 0.15) is 39.5 Å². The topological polar surface area (TPSA) is 60.0 Å². The first kappa shape index (κ1) is 18.0. The smallest absolute Gasteiger partial charge is 0.219 e. The SMILES string of the molecule is CCC1(CNC(=NC)NCCN2CCN(C(C)=O)CC2)CCC1. The molecule has 23 heavy (non-hydrogen) atoms. The highest BCUT2D eigenvalue weighted by atomic mass is 16.2. The monoisotopic (exact) mass is 323 g/mol. The van der Waals surface area contributed by atoms with Gasteiger partial charge in [-0.05, 0) is 24.7 Å². The number of rotatable bonds is 6. The highest BCUT2D eigenvalue weighted by Crippen LogP contribution is 2.42. The lowest BCUT2D eigenvalue weighted by Gasteiger charge is -2.41. The van der Waals surface area contributed by atoms with Crippen molar-refractivity contribution in [3.63, 3.8) is 0 Å². The molecule has 2 fully saturated rings. The van der Waals surface area contributed by atoms with Crippen LogP contribution < -0.4 is 10.6 Å². The zero-order chi connectivity index (χ0) is 16.7. The molecule has 2 N–H and O–H groups in total. The summed E-state index contributed by atoms with van der Waals surface area (Å²) in [5.74, 6) is 1.10. The van der Waals surface area contributed by atoms with Crippen LogP contribution in [0.2, 0.25) is 0 Å². The Morgan fingerprint density at radius 1 is 1.17 bits per heavy atom. The van der Waals surface area contributed by atoms with Gasteiger partial charge in [-0.25, -0.2) is 0 Å². The molecule has 1 saturated carbocycles. The molecule has 0 aromatic heterocycles. The highest BCUT2D eigenvalue weighted by molar-refractivity contribution is 5.79. The summed E-state index contributed by atoms with van der Waals surface area (Å²) in [5.41, 5.74) is 0.501. The van der Waals surface area contributed by atoms with Gasteiger partial charge >= 0.3 is 0 Å². The first-order valence-corrected chi connectivity index (χ1v) is 9.01. The van der Waals surface area contributed by atoms with Gasteiger partial charge in [0.15, 0.2) is 5.96 Å². The summed E-state index contributed by atoms with van der Waals surface area (Å²) in [6.45, 7) is 10.5. The van der Waals surface area contributed by atoms with Crippen molar-refractivity contribution in [3.05, 3.63) is 0 Å². The molecule has 1 heterocycles. The molecule has 1 amide bonds. The van der Waals surface area contributed by atoms with E-state index in [1.807, 2.05) is 11.9 Å². The summed E-state index contributed by atoms with van der Waals surface area (Å²) in [6.07, 6.45) is 5.30. The minimum absolute atomic E-state index is 0.188. The number of hydrogen-bond donors (Lipinski definition) is 2. The Kier molecular flexibility index (Phi) is 6.69. The Morgan fingerprint density at radius 3 is 2.35 bits per heavy atom. The summed E-state index contributed by atoms with van der Waals surface area (Å²) in [4.78, 5) is 20.0. The number of carbonyl (C=O) groups excluding carboxylic acids is 1. The third-order valence-electron chi connectivity index (χ3n) is 5.56. The molecule has 132 valence electrons. The fraction of sp³-hybridized carbons (Fsp3) is 0.882. The Bertz CT molecular complexity index is 406. The Labute approximate surface area is 140 Å². The van der Waals surface area contributed by atoms with Crippen molar-refractivity contribution in [1.29, 1.82) is 0 Å². The number of nitrogens with one attached hydrogen (secondary N) is 2. The number of aliphatic imine (C=N–C) groups is 1. The lowest BCUT2D eigenvalue weighted by molar-refractivity contribution is -0.130. The molecule has 0 atom stereocenters. The van der Waals surface area contributed by atoms with E-state index >= 15 is 0 Å². The maximum absolute atomic E-state index is 11.3. The van der Waals surface area contributed by atoms with Crippen molar-refractivity contribution < 1.29 is 4.79 Å². The van der Waals surface area contributed by atoms with E-state index in [2.05, 4.69) is 27.4 Å². The number of carbonyl (C=O) groups is 1. The maximum atomic E-state index is 11.3. The first-order chi connectivity index (χ1) is 11.1. The molecular formula is C17H33N5O. The molecular weight excluding hydrogens is 290 g/mol. The van der Waals surface area contributed by atoms with E-state index in [4.69, 9.17) is 0 Å². The minimum atomic E-state index is 0.188. The average Bonchev–Trinajstić information content (AvgIpc) is 2.53. The normalized spacial score (nSPS) is 21.7. The molecule has 6 heteroatoms. The minimum Gasteiger partial charge on any atom is -0.356 e. The van der Waals surface area contributed by atoms with Gasteiger partial charge in [-0.3, -0.25) is 14.7 Å². The molecule has 0 radical (unpaired) electrons. The van der Waals surface area contributed by atoms with Gasteiger partial charge in [-0.2, -0.15) is 0 Å².